The fraction of sp³-hybridized carbons (Fsp3) is 0.333. The molecule has 1 atom stereocenters. The third-order valence-corrected chi connectivity index (χ3v) is 1.79. The number of aliphatic carboxylic acids is 1. The largest absolute Gasteiger partial charge is 0.480 e. The van der Waals surface area contributed by atoms with Gasteiger partial charge in [0.05, 0.1) is 12.7 Å². The van der Waals surface area contributed by atoms with E-state index in [9.17, 15) is 9.18 Å². The van der Waals surface area contributed by atoms with Gasteiger partial charge < -0.3 is 10.4 Å². The van der Waals surface area contributed by atoms with Gasteiger partial charge >= 0.3 is 5.97 Å². The van der Waals surface area contributed by atoms with Crippen LogP contribution in [0.25, 0.3) is 0 Å². The van der Waals surface area contributed by atoms with Gasteiger partial charge in [0, 0.05) is 12.2 Å². The summed E-state index contributed by atoms with van der Waals surface area (Å²) in [6.45, 7) is 1.59. The number of rotatable bonds is 4. The van der Waals surface area contributed by atoms with Crippen LogP contribution in [0.1, 0.15) is 18.5 Å². The molecular weight excluding hydrogens is 187 g/mol. The minimum atomic E-state index is -0.943. The molecule has 0 spiro atoms. The summed E-state index contributed by atoms with van der Waals surface area (Å²) >= 11 is 0. The second-order valence-electron chi connectivity index (χ2n) is 2.93. The molecule has 0 saturated carbocycles. The normalized spacial score (nSPS) is 12.4. The van der Waals surface area contributed by atoms with Crippen molar-refractivity contribution in [3.63, 3.8) is 0 Å². The van der Waals surface area contributed by atoms with E-state index in [1.165, 1.54) is 12.3 Å². The van der Waals surface area contributed by atoms with Crippen LogP contribution in [0.3, 0.4) is 0 Å². The van der Waals surface area contributed by atoms with Crippen molar-refractivity contribution in [1.29, 1.82) is 0 Å². The average Bonchev–Trinajstić information content (AvgIpc) is 2.14. The van der Waals surface area contributed by atoms with Crippen molar-refractivity contribution in [3.8, 4) is 0 Å². The summed E-state index contributed by atoms with van der Waals surface area (Å²) in [5.41, 5.74) is 0.631. The van der Waals surface area contributed by atoms with Gasteiger partial charge in [-0.3, -0.25) is 9.78 Å². The minimum Gasteiger partial charge on any atom is -0.480 e. The molecule has 1 rings (SSSR count). The quantitative estimate of drug-likeness (QED) is 0.756. The van der Waals surface area contributed by atoms with E-state index >= 15 is 0 Å². The lowest BCUT2D eigenvalue weighted by Gasteiger charge is -2.11. The highest BCUT2D eigenvalue weighted by atomic mass is 19.1. The maximum Gasteiger partial charge on any atom is 0.317 e. The summed E-state index contributed by atoms with van der Waals surface area (Å²) in [4.78, 5) is 13.9. The van der Waals surface area contributed by atoms with E-state index in [2.05, 4.69) is 10.3 Å². The SMILES string of the molecule is C[C@H](NCC(=O)O)c1cncc(F)c1. The van der Waals surface area contributed by atoms with E-state index in [1.807, 2.05) is 0 Å². The highest BCUT2D eigenvalue weighted by Gasteiger charge is 2.07. The number of nitrogens with zero attached hydrogens (tertiary/aromatic N) is 1. The molecule has 0 aliphatic rings. The Labute approximate surface area is 80.8 Å². The fourth-order valence-corrected chi connectivity index (χ4v) is 1.02. The lowest BCUT2D eigenvalue weighted by atomic mass is 10.1. The molecule has 2 N–H and O–H groups in total. The second-order valence-corrected chi connectivity index (χ2v) is 2.93. The predicted octanol–water partition coefficient (Wildman–Crippen LogP) is 0.956. The molecule has 0 radical (unpaired) electrons. The Morgan fingerprint density at radius 3 is 3.00 bits per heavy atom. The molecule has 0 saturated heterocycles. The number of carbonyl (C=O) groups is 1. The van der Waals surface area contributed by atoms with Crippen LogP contribution in [0.2, 0.25) is 0 Å². The van der Waals surface area contributed by atoms with Crippen LogP contribution >= 0.6 is 0 Å². The molecule has 0 fully saturated rings. The van der Waals surface area contributed by atoms with E-state index in [0.29, 0.717) is 5.56 Å². The first-order chi connectivity index (χ1) is 6.59. The smallest absolute Gasteiger partial charge is 0.317 e. The number of halogens is 1. The first-order valence-electron chi connectivity index (χ1n) is 4.15. The number of hydrogen-bond acceptors (Lipinski definition) is 3. The van der Waals surface area contributed by atoms with Crippen LogP contribution in [0.15, 0.2) is 18.5 Å². The Kier molecular flexibility index (Phi) is 3.53. The molecular formula is C9H11FN2O2. The standard InChI is InChI=1S/C9H11FN2O2/c1-6(12-5-9(13)14)7-2-8(10)4-11-3-7/h2-4,6,12H,5H2,1H3,(H,13,14)/t6-/m0/s1. The van der Waals surface area contributed by atoms with Crippen molar-refractivity contribution < 1.29 is 14.3 Å². The first-order valence-corrected chi connectivity index (χ1v) is 4.15. The molecule has 0 aliphatic heterocycles. The van der Waals surface area contributed by atoms with Crippen LogP contribution in [0.4, 0.5) is 4.39 Å². The third-order valence-electron chi connectivity index (χ3n) is 1.79. The second kappa shape index (κ2) is 4.66. The van der Waals surface area contributed by atoms with Gasteiger partial charge in [0.15, 0.2) is 0 Å². The van der Waals surface area contributed by atoms with Gasteiger partial charge in [-0.15, -0.1) is 0 Å². The summed E-state index contributed by atoms with van der Waals surface area (Å²) in [6.07, 6.45) is 2.61. The number of nitrogens with one attached hydrogen (secondary N) is 1. The van der Waals surface area contributed by atoms with Crippen LogP contribution in [0.5, 0.6) is 0 Å². The molecule has 0 unspecified atom stereocenters. The van der Waals surface area contributed by atoms with Crippen molar-refractivity contribution in [2.24, 2.45) is 0 Å². The summed E-state index contributed by atoms with van der Waals surface area (Å²) < 4.78 is 12.7. The van der Waals surface area contributed by atoms with E-state index in [-0.39, 0.29) is 12.6 Å². The van der Waals surface area contributed by atoms with Crippen LogP contribution < -0.4 is 5.32 Å². The van der Waals surface area contributed by atoms with Gasteiger partial charge in [-0.05, 0) is 18.6 Å². The van der Waals surface area contributed by atoms with Gasteiger partial charge in [-0.25, -0.2) is 4.39 Å². The van der Waals surface area contributed by atoms with E-state index in [4.69, 9.17) is 5.11 Å². The molecule has 0 aliphatic carbocycles. The summed E-state index contributed by atoms with van der Waals surface area (Å²) in [6, 6.07) is 1.10. The monoisotopic (exact) mass is 198 g/mol. The first kappa shape index (κ1) is 10.6. The van der Waals surface area contributed by atoms with Crippen LogP contribution in [-0.4, -0.2) is 22.6 Å². The van der Waals surface area contributed by atoms with Crippen LogP contribution in [-0.2, 0) is 4.79 Å². The van der Waals surface area contributed by atoms with E-state index in [0.717, 1.165) is 6.20 Å². The molecule has 1 aromatic heterocycles. The highest BCUT2D eigenvalue weighted by Crippen LogP contribution is 2.11. The number of aromatic nitrogens is 1. The van der Waals surface area contributed by atoms with Gasteiger partial charge in [0.2, 0.25) is 0 Å². The number of pyridine rings is 1. The molecule has 1 heterocycles. The van der Waals surface area contributed by atoms with Crippen molar-refractivity contribution in [1.82, 2.24) is 10.3 Å². The maximum atomic E-state index is 12.7. The van der Waals surface area contributed by atoms with Gasteiger partial charge in [-0.1, -0.05) is 0 Å². The molecule has 0 amide bonds. The predicted molar refractivity (Wildman–Crippen MR) is 48.2 cm³/mol. The lowest BCUT2D eigenvalue weighted by Crippen LogP contribution is -2.25. The molecule has 1 aromatic rings. The maximum absolute atomic E-state index is 12.7. The Morgan fingerprint density at radius 1 is 1.71 bits per heavy atom. The molecule has 5 heteroatoms. The topological polar surface area (TPSA) is 62.2 Å². The Balaban J connectivity index is 2.60. The number of carboxylic acid groups (broad SMARTS) is 1. The number of hydrogen-bond donors (Lipinski definition) is 2. The Bertz CT molecular complexity index is 330. The van der Waals surface area contributed by atoms with Crippen molar-refractivity contribution in [2.75, 3.05) is 6.54 Å². The summed E-state index contributed by atoms with van der Waals surface area (Å²) in [7, 11) is 0. The average molecular weight is 198 g/mol. The Morgan fingerprint density at radius 2 is 2.43 bits per heavy atom. The summed E-state index contributed by atoms with van der Waals surface area (Å²) in [5, 5.41) is 11.1. The zero-order valence-corrected chi connectivity index (χ0v) is 7.70. The van der Waals surface area contributed by atoms with Crippen molar-refractivity contribution >= 4 is 5.97 Å². The number of carboxylic acids is 1. The summed E-state index contributed by atoms with van der Waals surface area (Å²) in [5.74, 6) is -1.37. The van der Waals surface area contributed by atoms with Crippen LogP contribution in [0, 0.1) is 5.82 Å². The third kappa shape index (κ3) is 3.10. The molecule has 0 bridgehead atoms. The van der Waals surface area contributed by atoms with E-state index < -0.39 is 11.8 Å². The zero-order valence-electron chi connectivity index (χ0n) is 7.70. The fourth-order valence-electron chi connectivity index (χ4n) is 1.02. The molecule has 14 heavy (non-hydrogen) atoms. The molecule has 76 valence electrons. The van der Waals surface area contributed by atoms with Crippen molar-refractivity contribution in [2.45, 2.75) is 13.0 Å². The minimum absolute atomic E-state index is 0.155. The van der Waals surface area contributed by atoms with Gasteiger partial charge in [0.1, 0.15) is 5.82 Å². The Hall–Kier alpha value is -1.49. The van der Waals surface area contributed by atoms with Gasteiger partial charge in [-0.2, -0.15) is 0 Å². The highest BCUT2D eigenvalue weighted by molar-refractivity contribution is 5.69. The molecule has 4 nitrogen and oxygen atoms in total. The van der Waals surface area contributed by atoms with E-state index in [1.54, 1.807) is 6.92 Å². The van der Waals surface area contributed by atoms with Gasteiger partial charge in [0.25, 0.3) is 0 Å². The molecule has 0 aromatic carbocycles. The zero-order chi connectivity index (χ0) is 10.6. The lowest BCUT2D eigenvalue weighted by molar-refractivity contribution is -0.136. The van der Waals surface area contributed by atoms with Crippen molar-refractivity contribution in [3.05, 3.63) is 29.8 Å².